The lowest BCUT2D eigenvalue weighted by molar-refractivity contribution is 0.0144. The predicted molar refractivity (Wildman–Crippen MR) is 76.7 cm³/mol. The second kappa shape index (κ2) is 8.83. The molecule has 0 amide bonds. The van der Waals surface area contributed by atoms with Crippen LogP contribution in [-0.2, 0) is 9.47 Å². The molecule has 0 aromatic heterocycles. The van der Waals surface area contributed by atoms with Gasteiger partial charge in [0, 0.05) is 12.2 Å². The van der Waals surface area contributed by atoms with Crippen molar-refractivity contribution in [3.05, 3.63) is 35.4 Å². The minimum atomic E-state index is -0.419. The number of benzene rings is 1. The normalized spacial score (nSPS) is 12.4. The molecule has 1 aromatic rings. The SMILES string of the molecule is CCCCOCCOC(C)C(=O)c1ccc(C)cc1. The van der Waals surface area contributed by atoms with Gasteiger partial charge in [-0.25, -0.2) is 0 Å². The van der Waals surface area contributed by atoms with Crippen molar-refractivity contribution < 1.29 is 14.3 Å². The molecule has 1 aromatic carbocycles. The van der Waals surface area contributed by atoms with Gasteiger partial charge in [-0.1, -0.05) is 43.2 Å². The molecule has 0 bridgehead atoms. The number of aryl methyl sites for hydroxylation is 1. The van der Waals surface area contributed by atoms with Crippen molar-refractivity contribution in [3.63, 3.8) is 0 Å². The van der Waals surface area contributed by atoms with Gasteiger partial charge in [0.15, 0.2) is 5.78 Å². The Bertz CT molecular complexity index is 370. The number of hydrogen-bond acceptors (Lipinski definition) is 3. The first-order chi connectivity index (χ1) is 9.15. The zero-order valence-electron chi connectivity index (χ0n) is 12.1. The molecule has 0 spiro atoms. The standard InChI is InChI=1S/C16H24O3/c1-4-5-10-18-11-12-19-14(3)16(17)15-8-6-13(2)7-9-15/h6-9,14H,4-5,10-12H2,1-3H3. The first-order valence-corrected chi connectivity index (χ1v) is 6.95. The molecule has 0 aliphatic heterocycles. The van der Waals surface area contributed by atoms with Gasteiger partial charge in [0.05, 0.1) is 13.2 Å². The molecule has 0 heterocycles. The molecule has 3 heteroatoms. The molecule has 0 saturated heterocycles. The van der Waals surface area contributed by atoms with Crippen molar-refractivity contribution in [2.75, 3.05) is 19.8 Å². The maximum Gasteiger partial charge on any atom is 0.191 e. The summed E-state index contributed by atoms with van der Waals surface area (Å²) in [6, 6.07) is 7.56. The Kier molecular flexibility index (Phi) is 7.38. The summed E-state index contributed by atoms with van der Waals surface area (Å²) in [5, 5.41) is 0. The van der Waals surface area contributed by atoms with Crippen LogP contribution in [0.5, 0.6) is 0 Å². The number of hydrogen-bond donors (Lipinski definition) is 0. The van der Waals surface area contributed by atoms with Crippen LogP contribution in [0.1, 0.15) is 42.6 Å². The number of ketones is 1. The fourth-order valence-electron chi connectivity index (χ4n) is 1.66. The highest BCUT2D eigenvalue weighted by Crippen LogP contribution is 2.08. The number of carbonyl (C=O) groups excluding carboxylic acids is 1. The number of ether oxygens (including phenoxy) is 2. The average Bonchev–Trinajstić information content (AvgIpc) is 2.42. The Morgan fingerprint density at radius 3 is 2.47 bits per heavy atom. The molecule has 1 unspecified atom stereocenters. The lowest BCUT2D eigenvalue weighted by atomic mass is 10.1. The van der Waals surface area contributed by atoms with Crippen molar-refractivity contribution in [2.45, 2.75) is 39.7 Å². The fourth-order valence-corrected chi connectivity index (χ4v) is 1.66. The number of unbranched alkanes of at least 4 members (excludes halogenated alkanes) is 1. The van der Waals surface area contributed by atoms with E-state index in [1.807, 2.05) is 31.2 Å². The molecule has 1 rings (SSSR count). The third kappa shape index (κ3) is 5.99. The van der Waals surface area contributed by atoms with Gasteiger partial charge in [-0.15, -0.1) is 0 Å². The van der Waals surface area contributed by atoms with Crippen LogP contribution in [0.25, 0.3) is 0 Å². The summed E-state index contributed by atoms with van der Waals surface area (Å²) in [7, 11) is 0. The molecule has 3 nitrogen and oxygen atoms in total. The minimum Gasteiger partial charge on any atom is -0.379 e. The molecule has 19 heavy (non-hydrogen) atoms. The van der Waals surface area contributed by atoms with Crippen molar-refractivity contribution in [3.8, 4) is 0 Å². The monoisotopic (exact) mass is 264 g/mol. The van der Waals surface area contributed by atoms with Crippen LogP contribution in [0, 0.1) is 6.92 Å². The summed E-state index contributed by atoms with van der Waals surface area (Å²) in [5.74, 6) is 0.0218. The Hall–Kier alpha value is -1.19. The van der Waals surface area contributed by atoms with Gasteiger partial charge in [-0.05, 0) is 20.3 Å². The van der Waals surface area contributed by atoms with E-state index < -0.39 is 6.10 Å². The van der Waals surface area contributed by atoms with Gasteiger partial charge in [0.1, 0.15) is 6.10 Å². The van der Waals surface area contributed by atoms with Crippen molar-refractivity contribution >= 4 is 5.78 Å². The molecular formula is C16H24O3. The van der Waals surface area contributed by atoms with Gasteiger partial charge in [-0.3, -0.25) is 4.79 Å². The highest BCUT2D eigenvalue weighted by molar-refractivity contribution is 5.99. The molecule has 0 fully saturated rings. The molecule has 0 N–H and O–H groups in total. The third-order valence-electron chi connectivity index (χ3n) is 2.94. The predicted octanol–water partition coefficient (Wildman–Crippen LogP) is 3.40. The smallest absolute Gasteiger partial charge is 0.191 e. The van der Waals surface area contributed by atoms with Gasteiger partial charge in [0.2, 0.25) is 0 Å². The quantitative estimate of drug-likeness (QED) is 0.506. The highest BCUT2D eigenvalue weighted by atomic mass is 16.5. The maximum absolute atomic E-state index is 12.1. The van der Waals surface area contributed by atoms with Crippen molar-refractivity contribution in [1.82, 2.24) is 0 Å². The van der Waals surface area contributed by atoms with E-state index >= 15 is 0 Å². The average molecular weight is 264 g/mol. The molecule has 106 valence electrons. The summed E-state index contributed by atoms with van der Waals surface area (Å²) < 4.78 is 10.9. The van der Waals surface area contributed by atoms with Crippen molar-refractivity contribution in [1.29, 1.82) is 0 Å². The molecular weight excluding hydrogens is 240 g/mol. The Morgan fingerprint density at radius 2 is 1.84 bits per heavy atom. The Labute approximate surface area is 115 Å². The summed E-state index contributed by atoms with van der Waals surface area (Å²) in [6.07, 6.45) is 1.78. The number of rotatable bonds is 9. The van der Waals surface area contributed by atoms with Gasteiger partial charge >= 0.3 is 0 Å². The molecule has 0 radical (unpaired) electrons. The van der Waals surface area contributed by atoms with Crippen LogP contribution in [0.4, 0.5) is 0 Å². The summed E-state index contributed by atoms with van der Waals surface area (Å²) in [5.41, 5.74) is 1.85. The van der Waals surface area contributed by atoms with E-state index in [4.69, 9.17) is 9.47 Å². The molecule has 1 atom stereocenters. The Balaban J connectivity index is 2.27. The third-order valence-corrected chi connectivity index (χ3v) is 2.94. The molecule has 0 aliphatic rings. The second-order valence-electron chi connectivity index (χ2n) is 4.71. The second-order valence-corrected chi connectivity index (χ2v) is 4.71. The lowest BCUT2D eigenvalue weighted by Crippen LogP contribution is -2.23. The van der Waals surface area contributed by atoms with Gasteiger partial charge < -0.3 is 9.47 Å². The van der Waals surface area contributed by atoms with E-state index in [9.17, 15) is 4.79 Å². The maximum atomic E-state index is 12.1. The molecule has 0 aliphatic carbocycles. The van der Waals surface area contributed by atoms with Crippen LogP contribution < -0.4 is 0 Å². The van der Waals surface area contributed by atoms with Gasteiger partial charge in [-0.2, -0.15) is 0 Å². The van der Waals surface area contributed by atoms with Crippen LogP contribution in [-0.4, -0.2) is 31.7 Å². The van der Waals surface area contributed by atoms with Crippen LogP contribution >= 0.6 is 0 Å². The minimum absolute atomic E-state index is 0.0218. The van der Waals surface area contributed by atoms with E-state index in [-0.39, 0.29) is 5.78 Å². The first kappa shape index (κ1) is 15.9. The van der Waals surface area contributed by atoms with E-state index in [2.05, 4.69) is 6.92 Å². The topological polar surface area (TPSA) is 35.5 Å². The highest BCUT2D eigenvalue weighted by Gasteiger charge is 2.15. The Morgan fingerprint density at radius 1 is 1.16 bits per heavy atom. The van der Waals surface area contributed by atoms with Crippen LogP contribution in [0.2, 0.25) is 0 Å². The van der Waals surface area contributed by atoms with Crippen molar-refractivity contribution in [2.24, 2.45) is 0 Å². The van der Waals surface area contributed by atoms with Crippen LogP contribution in [0.15, 0.2) is 24.3 Å². The zero-order valence-corrected chi connectivity index (χ0v) is 12.1. The lowest BCUT2D eigenvalue weighted by Gasteiger charge is -2.12. The van der Waals surface area contributed by atoms with Gasteiger partial charge in [0.25, 0.3) is 0 Å². The summed E-state index contributed by atoms with van der Waals surface area (Å²) in [4.78, 5) is 12.1. The largest absolute Gasteiger partial charge is 0.379 e. The van der Waals surface area contributed by atoms with Crippen LogP contribution in [0.3, 0.4) is 0 Å². The van der Waals surface area contributed by atoms with E-state index in [1.165, 1.54) is 0 Å². The summed E-state index contributed by atoms with van der Waals surface area (Å²) >= 11 is 0. The summed E-state index contributed by atoms with van der Waals surface area (Å²) in [6.45, 7) is 7.69. The molecule has 0 saturated carbocycles. The fraction of sp³-hybridized carbons (Fsp3) is 0.562. The van der Waals surface area contributed by atoms with E-state index in [0.29, 0.717) is 18.8 Å². The van der Waals surface area contributed by atoms with E-state index in [1.54, 1.807) is 6.92 Å². The first-order valence-electron chi connectivity index (χ1n) is 6.95. The van der Waals surface area contributed by atoms with E-state index in [0.717, 1.165) is 25.0 Å². The number of Topliss-reactive ketones (excluding diaryl/α,β-unsaturated/α-hetero) is 1. The zero-order chi connectivity index (χ0) is 14.1. The number of carbonyl (C=O) groups is 1.